The van der Waals surface area contributed by atoms with Crippen molar-refractivity contribution in [3.05, 3.63) is 29.6 Å². The van der Waals surface area contributed by atoms with E-state index >= 15 is 0 Å². The van der Waals surface area contributed by atoms with Gasteiger partial charge in [0.1, 0.15) is 6.10 Å². The lowest BCUT2D eigenvalue weighted by atomic mass is 10.1. The summed E-state index contributed by atoms with van der Waals surface area (Å²) in [5, 5.41) is 35.4. The highest BCUT2D eigenvalue weighted by Gasteiger charge is 2.19. The van der Waals surface area contributed by atoms with Crippen molar-refractivity contribution in [2.45, 2.75) is 12.2 Å². The third-order valence-electron chi connectivity index (χ3n) is 1.78. The predicted molar refractivity (Wildman–Crippen MR) is 47.8 cm³/mol. The minimum absolute atomic E-state index is 0.0870. The number of rotatable bonds is 3. The Balaban J connectivity index is 3.01. The SMILES string of the molecule is N#CC(O)C(O)c1cncc(C(=O)O)c1. The number of nitriles is 1. The molecule has 1 rings (SSSR count). The van der Waals surface area contributed by atoms with Gasteiger partial charge >= 0.3 is 5.97 Å². The van der Waals surface area contributed by atoms with Gasteiger partial charge in [-0.1, -0.05) is 0 Å². The van der Waals surface area contributed by atoms with E-state index in [1.165, 1.54) is 12.3 Å². The molecular formula is C9H8N2O4. The van der Waals surface area contributed by atoms with Crippen LogP contribution in [0.1, 0.15) is 22.0 Å². The van der Waals surface area contributed by atoms with E-state index in [9.17, 15) is 9.90 Å². The number of aliphatic hydroxyl groups is 2. The van der Waals surface area contributed by atoms with E-state index in [2.05, 4.69) is 4.98 Å². The summed E-state index contributed by atoms with van der Waals surface area (Å²) >= 11 is 0. The van der Waals surface area contributed by atoms with E-state index < -0.39 is 18.2 Å². The Morgan fingerprint density at radius 2 is 2.13 bits per heavy atom. The van der Waals surface area contributed by atoms with E-state index in [1.807, 2.05) is 0 Å². The van der Waals surface area contributed by atoms with E-state index in [1.54, 1.807) is 0 Å². The van der Waals surface area contributed by atoms with Crippen LogP contribution < -0.4 is 0 Å². The molecule has 0 aliphatic heterocycles. The van der Waals surface area contributed by atoms with E-state index in [4.69, 9.17) is 15.5 Å². The lowest BCUT2D eigenvalue weighted by Gasteiger charge is -2.11. The number of aliphatic hydroxyl groups excluding tert-OH is 2. The number of nitrogens with zero attached hydrogens (tertiary/aromatic N) is 2. The fraction of sp³-hybridized carbons (Fsp3) is 0.222. The smallest absolute Gasteiger partial charge is 0.337 e. The van der Waals surface area contributed by atoms with Gasteiger partial charge in [-0.2, -0.15) is 5.26 Å². The second kappa shape index (κ2) is 4.50. The van der Waals surface area contributed by atoms with Crippen LogP contribution in [0.5, 0.6) is 0 Å². The first-order valence-corrected chi connectivity index (χ1v) is 4.00. The molecule has 2 atom stereocenters. The number of aromatic nitrogens is 1. The van der Waals surface area contributed by atoms with Crippen molar-refractivity contribution in [2.75, 3.05) is 0 Å². The number of aromatic carboxylic acids is 1. The van der Waals surface area contributed by atoms with Crippen molar-refractivity contribution in [3.63, 3.8) is 0 Å². The summed E-state index contributed by atoms with van der Waals surface area (Å²) in [6.45, 7) is 0. The lowest BCUT2D eigenvalue weighted by Crippen LogP contribution is -2.16. The molecule has 0 aromatic carbocycles. The summed E-state index contributed by atoms with van der Waals surface area (Å²) in [5.41, 5.74) is -0.0272. The Labute approximate surface area is 85.0 Å². The van der Waals surface area contributed by atoms with Crippen LogP contribution in [0.2, 0.25) is 0 Å². The minimum atomic E-state index is -1.60. The highest BCUT2D eigenvalue weighted by molar-refractivity contribution is 5.87. The van der Waals surface area contributed by atoms with Gasteiger partial charge in [0.15, 0.2) is 6.10 Å². The van der Waals surface area contributed by atoms with Gasteiger partial charge in [0.25, 0.3) is 0 Å². The van der Waals surface area contributed by atoms with Gasteiger partial charge in [-0.15, -0.1) is 0 Å². The number of hydrogen-bond donors (Lipinski definition) is 3. The molecule has 6 nitrogen and oxygen atoms in total. The fourth-order valence-corrected chi connectivity index (χ4v) is 0.989. The maximum Gasteiger partial charge on any atom is 0.337 e. The quantitative estimate of drug-likeness (QED) is 0.587. The zero-order valence-corrected chi connectivity index (χ0v) is 7.53. The van der Waals surface area contributed by atoms with Crippen LogP contribution in [-0.2, 0) is 0 Å². The largest absolute Gasteiger partial charge is 0.478 e. The monoisotopic (exact) mass is 208 g/mol. The Hall–Kier alpha value is -1.97. The maximum absolute atomic E-state index is 10.6. The molecule has 0 aliphatic rings. The van der Waals surface area contributed by atoms with E-state index in [-0.39, 0.29) is 11.1 Å². The molecule has 15 heavy (non-hydrogen) atoms. The topological polar surface area (TPSA) is 114 Å². The molecule has 1 aromatic rings. The number of carbonyl (C=O) groups is 1. The molecule has 0 aliphatic carbocycles. The molecule has 6 heteroatoms. The fourth-order valence-electron chi connectivity index (χ4n) is 0.989. The Bertz CT molecular complexity index is 413. The van der Waals surface area contributed by atoms with Gasteiger partial charge < -0.3 is 15.3 Å². The van der Waals surface area contributed by atoms with Crippen LogP contribution in [0.15, 0.2) is 18.5 Å². The van der Waals surface area contributed by atoms with Gasteiger partial charge in [-0.25, -0.2) is 4.79 Å². The molecular weight excluding hydrogens is 200 g/mol. The van der Waals surface area contributed by atoms with E-state index in [0.717, 1.165) is 12.3 Å². The predicted octanol–water partition coefficient (Wildman–Crippen LogP) is -0.302. The zero-order chi connectivity index (χ0) is 11.4. The van der Waals surface area contributed by atoms with Crippen molar-refractivity contribution >= 4 is 5.97 Å². The molecule has 0 radical (unpaired) electrons. The van der Waals surface area contributed by atoms with Crippen molar-refractivity contribution in [2.24, 2.45) is 0 Å². The van der Waals surface area contributed by atoms with Crippen LogP contribution in [-0.4, -0.2) is 32.4 Å². The van der Waals surface area contributed by atoms with Gasteiger partial charge in [-0.3, -0.25) is 4.98 Å². The molecule has 2 unspecified atom stereocenters. The Morgan fingerprint density at radius 3 is 2.67 bits per heavy atom. The highest BCUT2D eigenvalue weighted by Crippen LogP contribution is 2.16. The first-order valence-electron chi connectivity index (χ1n) is 4.00. The lowest BCUT2D eigenvalue weighted by molar-refractivity contribution is 0.0523. The average molecular weight is 208 g/mol. The number of pyridine rings is 1. The molecule has 0 spiro atoms. The van der Waals surface area contributed by atoms with Gasteiger partial charge in [0, 0.05) is 18.0 Å². The van der Waals surface area contributed by atoms with Gasteiger partial charge in [-0.05, 0) is 6.07 Å². The number of hydrogen-bond acceptors (Lipinski definition) is 5. The average Bonchev–Trinajstić information content (AvgIpc) is 2.27. The van der Waals surface area contributed by atoms with Crippen LogP contribution in [0.3, 0.4) is 0 Å². The second-order valence-corrected chi connectivity index (χ2v) is 2.83. The molecule has 3 N–H and O–H groups in total. The van der Waals surface area contributed by atoms with E-state index in [0.29, 0.717) is 0 Å². The molecule has 78 valence electrons. The molecule has 0 saturated heterocycles. The van der Waals surface area contributed by atoms with Crippen molar-refractivity contribution in [1.29, 1.82) is 5.26 Å². The van der Waals surface area contributed by atoms with Gasteiger partial charge in [0.05, 0.1) is 11.6 Å². The normalized spacial score (nSPS) is 13.9. The first kappa shape index (κ1) is 11.1. The Kier molecular flexibility index (Phi) is 3.33. The third kappa shape index (κ3) is 2.49. The molecule has 0 bridgehead atoms. The van der Waals surface area contributed by atoms with Crippen LogP contribution in [0.25, 0.3) is 0 Å². The summed E-state index contributed by atoms with van der Waals surface area (Å²) in [5.74, 6) is -1.19. The minimum Gasteiger partial charge on any atom is -0.478 e. The molecule has 1 aromatic heterocycles. The van der Waals surface area contributed by atoms with Crippen molar-refractivity contribution in [1.82, 2.24) is 4.98 Å². The summed E-state index contributed by atoms with van der Waals surface area (Å²) in [7, 11) is 0. The van der Waals surface area contributed by atoms with Crippen molar-refractivity contribution in [3.8, 4) is 6.07 Å². The Morgan fingerprint density at radius 1 is 1.47 bits per heavy atom. The molecule has 0 amide bonds. The maximum atomic E-state index is 10.6. The highest BCUT2D eigenvalue weighted by atomic mass is 16.4. The standard InChI is InChI=1S/C9H8N2O4/c10-2-7(12)8(13)5-1-6(9(14)15)4-11-3-5/h1,3-4,7-8,12-13H,(H,14,15). The number of carboxylic acids is 1. The van der Waals surface area contributed by atoms with Crippen LogP contribution in [0, 0.1) is 11.3 Å². The summed E-state index contributed by atoms with van der Waals surface area (Å²) in [6, 6.07) is 2.60. The molecule has 0 saturated carbocycles. The zero-order valence-electron chi connectivity index (χ0n) is 7.53. The molecule has 0 fully saturated rings. The summed E-state index contributed by atoms with van der Waals surface area (Å²) in [4.78, 5) is 14.1. The first-order chi connectivity index (χ1) is 7.06. The van der Waals surface area contributed by atoms with Crippen molar-refractivity contribution < 1.29 is 20.1 Å². The van der Waals surface area contributed by atoms with Crippen LogP contribution in [0.4, 0.5) is 0 Å². The third-order valence-corrected chi connectivity index (χ3v) is 1.78. The van der Waals surface area contributed by atoms with Crippen LogP contribution >= 0.6 is 0 Å². The number of carboxylic acid groups (broad SMARTS) is 1. The second-order valence-electron chi connectivity index (χ2n) is 2.83. The molecule has 1 heterocycles. The summed E-state index contributed by atoms with van der Waals surface area (Å²) in [6.07, 6.45) is -0.757. The summed E-state index contributed by atoms with van der Waals surface area (Å²) < 4.78 is 0. The van der Waals surface area contributed by atoms with Gasteiger partial charge in [0.2, 0.25) is 0 Å².